The summed E-state index contributed by atoms with van der Waals surface area (Å²) in [4.78, 5) is 30.0. The quantitative estimate of drug-likeness (QED) is 0.684. The van der Waals surface area contributed by atoms with Crippen molar-refractivity contribution in [2.45, 2.75) is 97.1 Å². The van der Waals surface area contributed by atoms with Crippen molar-refractivity contribution in [3.05, 3.63) is 35.2 Å². The fourth-order valence-corrected chi connectivity index (χ4v) is 5.17. The lowest BCUT2D eigenvalue weighted by Gasteiger charge is -2.42. The van der Waals surface area contributed by atoms with Crippen LogP contribution < -0.4 is 5.32 Å². The highest BCUT2D eigenvalue weighted by atomic mass is 16.2. The van der Waals surface area contributed by atoms with Gasteiger partial charge in [-0.15, -0.1) is 0 Å². The Kier molecular flexibility index (Phi) is 8.32. The maximum Gasteiger partial charge on any atom is 0.236 e. The highest BCUT2D eigenvalue weighted by molar-refractivity contribution is 6.00. The lowest BCUT2D eigenvalue weighted by molar-refractivity contribution is -0.135. The molecular weight excluding hydrogens is 374 g/mol. The van der Waals surface area contributed by atoms with Crippen LogP contribution in [0.3, 0.4) is 0 Å². The number of nitrogens with one attached hydrogen (secondary N) is 1. The summed E-state index contributed by atoms with van der Waals surface area (Å²) in [5.41, 5.74) is 2.64. The lowest BCUT2D eigenvalue weighted by atomic mass is 9.92. The van der Waals surface area contributed by atoms with Crippen molar-refractivity contribution in [2.75, 3.05) is 13.1 Å². The molecule has 0 bridgehead atoms. The number of hydrogen-bond donors (Lipinski definition) is 1. The van der Waals surface area contributed by atoms with E-state index in [1.807, 2.05) is 43.9 Å². The number of likely N-dealkylation sites (tertiary alicyclic amines) is 1. The summed E-state index contributed by atoms with van der Waals surface area (Å²) in [6, 6.07) is 0.863. The molecule has 1 saturated carbocycles. The number of amides is 2. The van der Waals surface area contributed by atoms with E-state index in [1.54, 1.807) is 0 Å². The van der Waals surface area contributed by atoms with E-state index in [-0.39, 0.29) is 24.3 Å². The Bertz CT molecular complexity index is 702. The molecule has 0 atom stereocenters. The van der Waals surface area contributed by atoms with Crippen molar-refractivity contribution in [1.82, 2.24) is 15.1 Å². The molecule has 0 spiro atoms. The molecule has 30 heavy (non-hydrogen) atoms. The first-order valence-electron chi connectivity index (χ1n) is 11.9. The molecule has 1 aliphatic carbocycles. The molecule has 0 unspecified atom stereocenters. The Morgan fingerprint density at radius 1 is 0.933 bits per heavy atom. The minimum Gasteiger partial charge on any atom is -0.324 e. The molecule has 0 radical (unpaired) electrons. The SMILES string of the molecule is C/C=C\C=C1/C(=C(C)C)NC(=O)CC(=O)N1C1CCN(C2CCCCCCC2)CC1. The molecule has 5 nitrogen and oxygen atoms in total. The van der Waals surface area contributed by atoms with Gasteiger partial charge >= 0.3 is 0 Å². The summed E-state index contributed by atoms with van der Waals surface area (Å²) in [5.74, 6) is -0.291. The summed E-state index contributed by atoms with van der Waals surface area (Å²) in [6.07, 6.45) is 17.3. The summed E-state index contributed by atoms with van der Waals surface area (Å²) in [6.45, 7) is 8.03. The number of rotatable bonds is 3. The number of nitrogens with zero attached hydrogens (tertiary/aromatic N) is 2. The summed E-state index contributed by atoms with van der Waals surface area (Å²) >= 11 is 0. The second-order valence-corrected chi connectivity index (χ2v) is 9.21. The second kappa shape index (κ2) is 10.9. The van der Waals surface area contributed by atoms with Gasteiger partial charge in [0.25, 0.3) is 0 Å². The van der Waals surface area contributed by atoms with E-state index in [0.717, 1.165) is 42.9 Å². The monoisotopic (exact) mass is 413 g/mol. The van der Waals surface area contributed by atoms with Crippen LogP contribution in [0.5, 0.6) is 0 Å². The fourth-order valence-electron chi connectivity index (χ4n) is 5.17. The fraction of sp³-hybridized carbons (Fsp3) is 0.680. The Morgan fingerprint density at radius 2 is 1.57 bits per heavy atom. The molecule has 2 heterocycles. The summed E-state index contributed by atoms with van der Waals surface area (Å²) in [5, 5.41) is 2.98. The van der Waals surface area contributed by atoms with Gasteiger partial charge in [-0.25, -0.2) is 0 Å². The molecule has 166 valence electrons. The zero-order chi connectivity index (χ0) is 21.5. The molecule has 2 amide bonds. The standard InChI is InChI=1S/C25H39N3O2/c1-4-5-13-22-25(19(2)3)26-23(29)18-24(30)28(22)21-14-16-27(17-15-21)20-11-9-7-6-8-10-12-20/h4-5,13,20-21H,6-12,14-18H2,1-3H3,(H,26,29)/b5-4-,22-13+. The van der Waals surface area contributed by atoms with Crippen LogP contribution in [-0.2, 0) is 9.59 Å². The molecule has 2 saturated heterocycles. The molecule has 5 heteroatoms. The van der Waals surface area contributed by atoms with E-state index >= 15 is 0 Å². The van der Waals surface area contributed by atoms with Crippen LogP contribution in [0.25, 0.3) is 0 Å². The van der Waals surface area contributed by atoms with Gasteiger partial charge < -0.3 is 15.1 Å². The molecule has 0 aromatic heterocycles. The van der Waals surface area contributed by atoms with Crippen LogP contribution in [0.4, 0.5) is 0 Å². The molecule has 3 rings (SSSR count). The number of hydrogen-bond acceptors (Lipinski definition) is 3. The average molecular weight is 414 g/mol. The molecule has 3 aliphatic rings. The van der Waals surface area contributed by atoms with Gasteiger partial charge in [0.2, 0.25) is 11.8 Å². The van der Waals surface area contributed by atoms with Crippen LogP contribution in [0, 0.1) is 0 Å². The smallest absolute Gasteiger partial charge is 0.236 e. The number of allylic oxidation sites excluding steroid dienone is 4. The van der Waals surface area contributed by atoms with Crippen molar-refractivity contribution in [1.29, 1.82) is 0 Å². The van der Waals surface area contributed by atoms with Crippen LogP contribution in [0.1, 0.15) is 85.0 Å². The Labute approximate surface area is 182 Å². The third kappa shape index (κ3) is 5.63. The Morgan fingerprint density at radius 3 is 2.17 bits per heavy atom. The van der Waals surface area contributed by atoms with E-state index < -0.39 is 0 Å². The molecule has 0 aromatic carbocycles. The number of carbonyl (C=O) groups excluding carboxylic acids is 2. The van der Waals surface area contributed by atoms with E-state index in [2.05, 4.69) is 10.2 Å². The molecule has 3 fully saturated rings. The minimum absolute atomic E-state index is 0.0766. The van der Waals surface area contributed by atoms with E-state index in [9.17, 15) is 9.59 Å². The van der Waals surface area contributed by atoms with Crippen molar-refractivity contribution in [3.63, 3.8) is 0 Å². The maximum absolute atomic E-state index is 13.1. The van der Waals surface area contributed by atoms with Crippen molar-refractivity contribution < 1.29 is 9.59 Å². The predicted molar refractivity (Wildman–Crippen MR) is 122 cm³/mol. The zero-order valence-corrected chi connectivity index (χ0v) is 19.1. The maximum atomic E-state index is 13.1. The first-order chi connectivity index (χ1) is 14.5. The van der Waals surface area contributed by atoms with Crippen LogP contribution in [-0.4, -0.2) is 46.8 Å². The molecular formula is C25H39N3O2. The highest BCUT2D eigenvalue weighted by Gasteiger charge is 2.36. The normalized spacial score (nSPS) is 25.4. The minimum atomic E-state index is -0.211. The van der Waals surface area contributed by atoms with Crippen LogP contribution in [0.15, 0.2) is 35.2 Å². The average Bonchev–Trinajstić information content (AvgIpc) is 2.81. The predicted octanol–water partition coefficient (Wildman–Crippen LogP) is 4.67. The van der Waals surface area contributed by atoms with Gasteiger partial charge in [0.1, 0.15) is 6.42 Å². The topological polar surface area (TPSA) is 52.7 Å². The van der Waals surface area contributed by atoms with E-state index in [0.29, 0.717) is 6.04 Å². The summed E-state index contributed by atoms with van der Waals surface area (Å²) < 4.78 is 0. The van der Waals surface area contributed by atoms with Crippen LogP contribution >= 0.6 is 0 Å². The summed E-state index contributed by atoms with van der Waals surface area (Å²) in [7, 11) is 0. The van der Waals surface area contributed by atoms with Gasteiger partial charge in [0.15, 0.2) is 0 Å². The first kappa shape index (κ1) is 22.8. The van der Waals surface area contributed by atoms with Crippen LogP contribution in [0.2, 0.25) is 0 Å². The third-order valence-corrected chi connectivity index (χ3v) is 6.76. The third-order valence-electron chi connectivity index (χ3n) is 6.76. The van der Waals surface area contributed by atoms with Gasteiger partial charge in [-0.05, 0) is 52.5 Å². The van der Waals surface area contributed by atoms with Gasteiger partial charge in [-0.2, -0.15) is 0 Å². The van der Waals surface area contributed by atoms with Crippen molar-refractivity contribution >= 4 is 11.8 Å². The van der Waals surface area contributed by atoms with E-state index in [4.69, 9.17) is 0 Å². The highest BCUT2D eigenvalue weighted by Crippen LogP contribution is 2.30. The Balaban J connectivity index is 1.77. The van der Waals surface area contributed by atoms with Crippen molar-refractivity contribution in [3.8, 4) is 0 Å². The lowest BCUT2D eigenvalue weighted by Crippen LogP contribution is -2.49. The van der Waals surface area contributed by atoms with Crippen molar-refractivity contribution in [2.24, 2.45) is 0 Å². The molecule has 0 aromatic rings. The molecule has 2 aliphatic heterocycles. The van der Waals surface area contributed by atoms with Gasteiger partial charge in [-0.3, -0.25) is 9.59 Å². The Hall–Kier alpha value is -1.88. The molecule has 1 N–H and O–H groups in total. The second-order valence-electron chi connectivity index (χ2n) is 9.21. The largest absolute Gasteiger partial charge is 0.324 e. The first-order valence-corrected chi connectivity index (χ1v) is 11.9. The number of carbonyl (C=O) groups is 2. The zero-order valence-electron chi connectivity index (χ0n) is 19.1. The van der Waals surface area contributed by atoms with Gasteiger partial charge in [-0.1, -0.05) is 49.8 Å². The van der Waals surface area contributed by atoms with E-state index in [1.165, 1.54) is 44.9 Å². The van der Waals surface area contributed by atoms with Gasteiger partial charge in [0.05, 0.1) is 11.4 Å². The number of piperidine rings is 1. The van der Waals surface area contributed by atoms with Gasteiger partial charge in [0, 0.05) is 25.2 Å².